The smallest absolute Gasteiger partial charge is 0.421 e. The summed E-state index contributed by atoms with van der Waals surface area (Å²) in [6.07, 6.45) is 29.8. The summed E-state index contributed by atoms with van der Waals surface area (Å²) < 4.78 is 39.6. The molecule has 0 bridgehead atoms. The van der Waals surface area contributed by atoms with Gasteiger partial charge in [-0.05, 0) is 50.2 Å². The number of aromatic nitrogens is 19. The lowest BCUT2D eigenvalue weighted by Gasteiger charge is -2.42. The van der Waals surface area contributed by atoms with Crippen LogP contribution in [0.5, 0.6) is 0 Å². The van der Waals surface area contributed by atoms with E-state index in [2.05, 4.69) is 334 Å². The molecule has 2 N–H and O–H groups in total. The summed E-state index contributed by atoms with van der Waals surface area (Å²) in [5.74, 6) is 0. The number of hydrogen-bond acceptors (Lipinski definition) is 7. The van der Waals surface area contributed by atoms with Crippen LogP contribution in [0, 0.1) is 0 Å². The van der Waals surface area contributed by atoms with Gasteiger partial charge < -0.3 is 14.8 Å². The van der Waals surface area contributed by atoms with E-state index in [4.69, 9.17) is 32.7 Å². The van der Waals surface area contributed by atoms with E-state index >= 15 is 0 Å². The van der Waals surface area contributed by atoms with Gasteiger partial charge in [0.05, 0.1) is 10.8 Å². The molecule has 0 atom stereocenters. The molecule has 24 heteroatoms. The molecule has 22 nitrogen and oxygen atoms in total. The minimum atomic E-state index is -1.91. The fourth-order valence-electron chi connectivity index (χ4n) is 25.6. The molecule has 0 fully saturated rings. The first-order chi connectivity index (χ1) is 60.6. The number of rotatable bonds is 2. The molecule has 0 aliphatic carbocycles. The van der Waals surface area contributed by atoms with E-state index in [1.54, 1.807) is 10.7 Å². The van der Waals surface area contributed by atoms with Crippen LogP contribution in [0.15, 0.2) is 160 Å². The van der Waals surface area contributed by atoms with Crippen molar-refractivity contribution in [3.63, 3.8) is 0 Å². The van der Waals surface area contributed by atoms with Crippen LogP contribution in [0.25, 0.3) is 138 Å². The van der Waals surface area contributed by atoms with E-state index in [9.17, 15) is 10.0 Å². The van der Waals surface area contributed by atoms with Crippen molar-refractivity contribution in [3.8, 4) is 0 Å². The highest BCUT2D eigenvalue weighted by Crippen LogP contribution is 2.58. The summed E-state index contributed by atoms with van der Waals surface area (Å²) in [4.78, 5) is 19.2. The summed E-state index contributed by atoms with van der Waals surface area (Å²) in [5.41, 5.74) is 43.0. The topological polar surface area (TPSA) is 163 Å². The Kier molecular flexibility index (Phi) is 14.0. The van der Waals surface area contributed by atoms with Crippen LogP contribution >= 0.6 is 0 Å². The molecule has 128 heavy (non-hydrogen) atoms. The van der Waals surface area contributed by atoms with E-state index in [-0.39, 0.29) is 54.1 Å². The molecule has 0 saturated heterocycles. The molecule has 10 aliphatic rings. The van der Waals surface area contributed by atoms with E-state index in [1.807, 2.05) is 37.1 Å². The molecule has 1 aromatic carbocycles. The lowest BCUT2D eigenvalue weighted by molar-refractivity contribution is -0.689. The van der Waals surface area contributed by atoms with E-state index < -0.39 is 7.32 Å². The Morgan fingerprint density at radius 1 is 0.344 bits per heavy atom. The molecular formula is C104H107B2N19O3+10. The number of aryl methyl sites for hydroxylation is 3. The van der Waals surface area contributed by atoms with Crippen LogP contribution < -0.4 is 50.2 Å². The quantitative estimate of drug-likeness (QED) is 0.0989. The number of benzene rings is 1. The fraction of sp³-hybridized carbons (Fsp3) is 0.365. The zero-order valence-electron chi connectivity index (χ0n) is 77.5. The van der Waals surface area contributed by atoms with Gasteiger partial charge in [-0.25, -0.2) is 47.5 Å². The second-order valence-electron chi connectivity index (χ2n) is 44.0. The highest BCUT2D eigenvalue weighted by Gasteiger charge is 2.60. The van der Waals surface area contributed by atoms with E-state index in [0.29, 0.717) is 0 Å². The van der Waals surface area contributed by atoms with Crippen molar-refractivity contribution in [3.05, 3.63) is 244 Å². The Hall–Kier alpha value is -12.5. The molecule has 0 amide bonds. The summed E-state index contributed by atoms with van der Waals surface area (Å²) in [5, 5.41) is 26.7. The number of fused-ring (bicyclic) bond motifs is 5. The van der Waals surface area contributed by atoms with Crippen molar-refractivity contribution in [2.45, 2.75) is 225 Å². The van der Waals surface area contributed by atoms with Gasteiger partial charge in [-0.3, -0.25) is 4.48 Å². The summed E-state index contributed by atoms with van der Waals surface area (Å²) in [6, 6.07) is 26.5. The molecule has 19 aromatic heterocycles. The Morgan fingerprint density at radius 2 is 0.688 bits per heavy atom. The Balaban J connectivity index is 0.0000000847. The predicted molar refractivity (Wildman–Crippen MR) is 492 cm³/mol. The second kappa shape index (κ2) is 23.3. The average Bonchev–Trinajstić information content (AvgIpc) is 1.54. The van der Waals surface area contributed by atoms with Crippen molar-refractivity contribution >= 4 is 153 Å². The maximum Gasteiger partial charge on any atom is 0.728 e. The molecule has 632 valence electrons. The van der Waals surface area contributed by atoms with Gasteiger partial charge in [0.1, 0.15) is 105 Å². The van der Waals surface area contributed by atoms with Gasteiger partial charge in [-0.1, -0.05) is 141 Å². The van der Waals surface area contributed by atoms with Gasteiger partial charge in [0.2, 0.25) is 22.7 Å². The lowest BCUT2D eigenvalue weighted by atomic mass is 9.61. The van der Waals surface area contributed by atoms with E-state index in [1.165, 1.54) is 177 Å². The molecule has 0 unspecified atom stereocenters. The first kappa shape index (κ1) is 76.7. The van der Waals surface area contributed by atoms with Gasteiger partial charge in [-0.15, -0.1) is 4.57 Å². The number of para-hydroxylation sites is 1. The first-order valence-electron chi connectivity index (χ1n) is 45.5. The van der Waals surface area contributed by atoms with Crippen LogP contribution in [-0.4, -0.2) is 67.6 Å². The van der Waals surface area contributed by atoms with Crippen molar-refractivity contribution in [2.24, 2.45) is 21.1 Å². The zero-order valence-corrected chi connectivity index (χ0v) is 77.5. The largest absolute Gasteiger partial charge is 0.728 e. The predicted octanol–water partition coefficient (Wildman–Crippen LogP) is 11.3. The third-order valence-corrected chi connectivity index (χ3v) is 36.1. The molecule has 0 spiro atoms. The molecule has 30 rings (SSSR count). The van der Waals surface area contributed by atoms with Crippen LogP contribution in [0.4, 0.5) is 0 Å². The van der Waals surface area contributed by atoms with Gasteiger partial charge >= 0.3 is 43.5 Å². The maximum absolute atomic E-state index is 9.44. The third-order valence-electron chi connectivity index (χ3n) is 36.1. The number of pyridine rings is 14. The van der Waals surface area contributed by atoms with Crippen molar-refractivity contribution in [1.29, 1.82) is 0 Å². The number of imidazole rings is 5. The van der Waals surface area contributed by atoms with Gasteiger partial charge in [-0.2, -0.15) is 26.7 Å². The van der Waals surface area contributed by atoms with Crippen LogP contribution in [0.3, 0.4) is 0 Å². The highest BCUT2D eigenvalue weighted by atomic mass is 16.7. The van der Waals surface area contributed by atoms with Crippen molar-refractivity contribution in [2.75, 3.05) is 0 Å². The normalized spacial score (nSPS) is 18.9. The maximum atomic E-state index is 9.44. The van der Waals surface area contributed by atoms with E-state index in [0.717, 1.165) is 82.4 Å². The van der Waals surface area contributed by atoms with Gasteiger partial charge in [0, 0.05) is 160 Å². The van der Waals surface area contributed by atoms with Gasteiger partial charge in [0.15, 0.2) is 97.4 Å². The van der Waals surface area contributed by atoms with Crippen molar-refractivity contribution < 1.29 is 60.2 Å². The molecule has 29 heterocycles. The standard InChI is InChI=1S/C22H23N3.2C21H22N4.C20H21BN4O3.C20H19BN4/c1-21(2)15-8-6-7-14-18(15)25-16(22(21,3)4)12-24-11-13-9-10-23(5)19(14)17(13)20(24)25;2*1-20(2)13-6-8-22-16-17(13)25-14(21(20,3)4)11-24-10-12-7-9-23(5)18(16)15(12)19(24)25;1-19(2)12-5-7-22-15-16(12)25-13(20(19,3)4)10-23-9-11-6-8-24(28-21(26)27)17(15)14(11)18(23)25;1-19(2)12-5-7-22-15-16(12)25-13(20(19,3)4)10-23-9-11-6-8-24(21)17(15)14(11)18(23)25/h6-10,12H,11H2,1-5H3;2*6-9,11H,10H2,1-5H3;5-8,10,26-27H,9H2,1-4H3;5-8,10H,9H2,1-4H3/q5*+2. The van der Waals surface area contributed by atoms with Gasteiger partial charge in [0.25, 0.3) is 16.7 Å². The SMILES string of the molecule is CC1(C)c2ccnc3c4c5c(ccn4OB(O)O)C[n+]4cc([n+](c23)c54)C1(C)C.C[n+]1ccc2c3c1c1cccc4c1n1c(c[n+](c31)C2)C(C)(C)C4(C)C.C[n+]1ccc2c3c1c1nccc4c1n1c(c[n+](c31)C2)C(C)(C)C4(C)C.C[n+]1ccc2c3c1c1nccc4c1n1c(c[n+](c31)C2)C(C)(C)C4(C)C.[B][n+]1ccc2c3c1c1nccc4c1n1c(c[n+](c31)C2)C(C)(C)C4(C)C. The first-order valence-corrected chi connectivity index (χ1v) is 45.5. The molecule has 2 radical (unpaired) electrons. The number of hydrogen-bond donors (Lipinski definition) is 2. The summed E-state index contributed by atoms with van der Waals surface area (Å²) in [7, 11) is 10.9. The molecular weight excluding hydrogens is 1580 g/mol. The monoisotopic (exact) mass is 1690 g/mol. The van der Waals surface area contributed by atoms with Crippen molar-refractivity contribution in [1.82, 2.24) is 42.3 Å². The van der Waals surface area contributed by atoms with Crippen LogP contribution in [0.1, 0.15) is 223 Å². The second-order valence-corrected chi connectivity index (χ2v) is 44.0. The third kappa shape index (κ3) is 8.48. The minimum Gasteiger partial charge on any atom is -0.421 e. The lowest BCUT2D eigenvalue weighted by Crippen LogP contribution is -2.51. The molecule has 20 aromatic rings. The Bertz CT molecular complexity index is 8020. The van der Waals surface area contributed by atoms with Crippen LogP contribution in [0.2, 0.25) is 0 Å². The summed E-state index contributed by atoms with van der Waals surface area (Å²) in [6.45, 7) is 51.8. The minimum absolute atomic E-state index is 0.00276. The zero-order chi connectivity index (χ0) is 88.8. The Labute approximate surface area is 741 Å². The number of nitrogens with zero attached hydrogens (tertiary/aromatic N) is 19. The van der Waals surface area contributed by atoms with Crippen LogP contribution in [-0.2, 0) is 108 Å². The average molecular weight is 1690 g/mol. The molecule has 0 saturated carbocycles. The summed E-state index contributed by atoms with van der Waals surface area (Å²) >= 11 is 0. The molecule has 10 aliphatic heterocycles. The Morgan fingerprint density at radius 3 is 1.12 bits per heavy atom. The highest BCUT2D eigenvalue weighted by molar-refractivity contribution is 6.33. The fourth-order valence-corrected chi connectivity index (χ4v) is 25.6.